The van der Waals surface area contributed by atoms with E-state index in [0.29, 0.717) is 0 Å². The number of nitriles is 1. The molecule has 1 fully saturated rings. The summed E-state index contributed by atoms with van der Waals surface area (Å²) in [6, 6.07) is 11.1. The summed E-state index contributed by atoms with van der Waals surface area (Å²) in [6.45, 7) is 5.18. The summed E-state index contributed by atoms with van der Waals surface area (Å²) < 4.78 is 1.37. The maximum Gasteiger partial charge on any atom is 0.0687 e. The average Bonchev–Trinajstić information content (AvgIpc) is 2.85. The van der Waals surface area contributed by atoms with Crippen LogP contribution in [0.2, 0.25) is 0 Å². The van der Waals surface area contributed by atoms with Crippen LogP contribution in [0.1, 0.15) is 25.3 Å². The van der Waals surface area contributed by atoms with Crippen molar-refractivity contribution in [3.8, 4) is 6.07 Å². The summed E-state index contributed by atoms with van der Waals surface area (Å²) in [7, 11) is 0. The van der Waals surface area contributed by atoms with Crippen molar-refractivity contribution in [1.82, 2.24) is 4.90 Å². The highest BCUT2D eigenvalue weighted by atomic mass is 32.1. The van der Waals surface area contributed by atoms with Gasteiger partial charge in [-0.25, -0.2) is 0 Å². The van der Waals surface area contributed by atoms with Gasteiger partial charge in [0.25, 0.3) is 0 Å². The third-order valence-corrected chi connectivity index (χ3v) is 5.20. The minimum absolute atomic E-state index is 0.104. The minimum Gasteiger partial charge on any atom is -0.299 e. The second-order valence-corrected chi connectivity index (χ2v) is 6.62. The summed E-state index contributed by atoms with van der Waals surface area (Å²) in [5.74, 6) is 0. The molecule has 0 amide bonds. The first kappa shape index (κ1) is 12.7. The molecule has 0 saturated carbocycles. The van der Waals surface area contributed by atoms with Crippen LogP contribution in [-0.2, 0) is 6.54 Å². The van der Waals surface area contributed by atoms with E-state index in [2.05, 4.69) is 47.5 Å². The van der Waals surface area contributed by atoms with Gasteiger partial charge >= 0.3 is 0 Å². The quantitative estimate of drug-likeness (QED) is 0.824. The molecule has 0 bridgehead atoms. The Kier molecular flexibility index (Phi) is 3.30. The van der Waals surface area contributed by atoms with Crippen LogP contribution in [-0.4, -0.2) is 18.0 Å². The van der Waals surface area contributed by atoms with Gasteiger partial charge in [-0.15, -0.1) is 11.3 Å². The molecule has 0 radical (unpaired) electrons. The van der Waals surface area contributed by atoms with Gasteiger partial charge < -0.3 is 0 Å². The summed E-state index contributed by atoms with van der Waals surface area (Å²) >= 11 is 1.83. The highest BCUT2D eigenvalue weighted by Gasteiger charge is 2.29. The van der Waals surface area contributed by atoms with Crippen LogP contribution in [0.4, 0.5) is 0 Å². The van der Waals surface area contributed by atoms with Crippen molar-refractivity contribution >= 4 is 21.4 Å². The van der Waals surface area contributed by atoms with E-state index in [4.69, 9.17) is 5.26 Å². The Labute approximate surface area is 118 Å². The van der Waals surface area contributed by atoms with E-state index in [-0.39, 0.29) is 5.41 Å². The van der Waals surface area contributed by atoms with E-state index in [9.17, 15) is 0 Å². The molecule has 0 spiro atoms. The smallest absolute Gasteiger partial charge is 0.0687 e. The number of likely N-dealkylation sites (tertiary alicyclic amines) is 1. The number of fused-ring (bicyclic) bond motifs is 1. The molecule has 0 atom stereocenters. The van der Waals surface area contributed by atoms with E-state index < -0.39 is 0 Å². The zero-order chi connectivity index (χ0) is 13.3. The molecule has 19 heavy (non-hydrogen) atoms. The second-order valence-electron chi connectivity index (χ2n) is 5.71. The first-order valence-electron chi connectivity index (χ1n) is 6.79. The molecule has 1 aromatic carbocycles. The van der Waals surface area contributed by atoms with E-state index in [1.54, 1.807) is 0 Å². The molecule has 98 valence electrons. The number of hydrogen-bond donors (Lipinski definition) is 0. The second kappa shape index (κ2) is 4.96. The molecule has 1 aliphatic heterocycles. The predicted molar refractivity (Wildman–Crippen MR) is 80.1 cm³/mol. The lowest BCUT2D eigenvalue weighted by Crippen LogP contribution is -2.37. The van der Waals surface area contributed by atoms with Crippen molar-refractivity contribution in [1.29, 1.82) is 5.26 Å². The molecular weight excluding hydrogens is 252 g/mol. The van der Waals surface area contributed by atoms with E-state index in [1.807, 2.05) is 11.3 Å². The van der Waals surface area contributed by atoms with Gasteiger partial charge in [0, 0.05) is 11.2 Å². The third kappa shape index (κ3) is 2.51. The molecule has 0 aliphatic carbocycles. The maximum atomic E-state index is 9.17. The molecule has 3 rings (SSSR count). The molecular formula is C16H18N2S. The van der Waals surface area contributed by atoms with Gasteiger partial charge in [-0.1, -0.05) is 18.2 Å². The average molecular weight is 270 g/mol. The van der Waals surface area contributed by atoms with Crippen molar-refractivity contribution in [2.75, 3.05) is 13.1 Å². The van der Waals surface area contributed by atoms with Crippen LogP contribution in [0, 0.1) is 16.7 Å². The minimum atomic E-state index is -0.104. The largest absolute Gasteiger partial charge is 0.299 e. The number of piperidine rings is 1. The normalized spacial score (nSPS) is 19.4. The summed E-state index contributed by atoms with van der Waals surface area (Å²) in [4.78, 5) is 2.48. The maximum absolute atomic E-state index is 9.17. The van der Waals surface area contributed by atoms with Crippen LogP contribution < -0.4 is 0 Å². The fourth-order valence-corrected chi connectivity index (χ4v) is 3.67. The summed E-state index contributed by atoms with van der Waals surface area (Å²) in [6.07, 6.45) is 1.98. The number of thiophene rings is 1. The zero-order valence-corrected chi connectivity index (χ0v) is 12.0. The lowest BCUT2D eigenvalue weighted by Gasteiger charge is -2.34. The van der Waals surface area contributed by atoms with Gasteiger partial charge in [0.05, 0.1) is 11.5 Å². The van der Waals surface area contributed by atoms with E-state index in [1.165, 1.54) is 15.6 Å². The number of hydrogen-bond acceptors (Lipinski definition) is 3. The van der Waals surface area contributed by atoms with Gasteiger partial charge in [0.15, 0.2) is 0 Å². The van der Waals surface area contributed by atoms with E-state index >= 15 is 0 Å². The van der Waals surface area contributed by atoms with Crippen LogP contribution >= 0.6 is 11.3 Å². The molecule has 0 unspecified atom stereocenters. The molecule has 1 aromatic heterocycles. The van der Waals surface area contributed by atoms with Crippen molar-refractivity contribution in [3.05, 3.63) is 35.2 Å². The van der Waals surface area contributed by atoms with Gasteiger partial charge in [0.1, 0.15) is 0 Å². The Morgan fingerprint density at radius 3 is 2.79 bits per heavy atom. The predicted octanol–water partition coefficient (Wildman–Crippen LogP) is 4.03. The van der Waals surface area contributed by atoms with Gasteiger partial charge in [0.2, 0.25) is 0 Å². The van der Waals surface area contributed by atoms with Crippen LogP contribution in [0.3, 0.4) is 0 Å². The Hall–Kier alpha value is -1.37. The van der Waals surface area contributed by atoms with Crippen molar-refractivity contribution in [2.24, 2.45) is 5.41 Å². The number of nitrogens with zero attached hydrogens (tertiary/aromatic N) is 2. The van der Waals surface area contributed by atoms with Crippen molar-refractivity contribution in [2.45, 2.75) is 26.3 Å². The molecule has 2 aromatic rings. The lowest BCUT2D eigenvalue weighted by atomic mass is 9.82. The summed E-state index contributed by atoms with van der Waals surface area (Å²) in [5.41, 5.74) is 1.33. The fourth-order valence-electron chi connectivity index (χ4n) is 2.71. The Morgan fingerprint density at radius 1 is 1.32 bits per heavy atom. The number of rotatable bonds is 2. The monoisotopic (exact) mass is 270 g/mol. The third-order valence-electron chi connectivity index (χ3n) is 4.18. The molecule has 2 nitrogen and oxygen atoms in total. The van der Waals surface area contributed by atoms with Gasteiger partial charge in [-0.2, -0.15) is 5.26 Å². The standard InChI is InChI=1S/C16H18N2S/c1-16(12-17)6-8-18(9-7-16)10-13-11-19-15-5-3-2-4-14(13)15/h2-5,11H,6-10H2,1H3. The van der Waals surface area contributed by atoms with E-state index in [0.717, 1.165) is 32.5 Å². The highest BCUT2D eigenvalue weighted by molar-refractivity contribution is 7.17. The fraction of sp³-hybridized carbons (Fsp3) is 0.438. The molecule has 0 N–H and O–H groups in total. The topological polar surface area (TPSA) is 27.0 Å². The Balaban J connectivity index is 1.72. The van der Waals surface area contributed by atoms with Crippen LogP contribution in [0.5, 0.6) is 0 Å². The molecule has 1 aliphatic rings. The Bertz CT molecular complexity index is 615. The first-order chi connectivity index (χ1) is 9.20. The lowest BCUT2D eigenvalue weighted by molar-refractivity contribution is 0.151. The number of benzene rings is 1. The molecule has 3 heteroatoms. The highest BCUT2D eigenvalue weighted by Crippen LogP contribution is 2.32. The van der Waals surface area contributed by atoms with Gasteiger partial charge in [-0.05, 0) is 55.3 Å². The van der Waals surface area contributed by atoms with Crippen LogP contribution in [0.15, 0.2) is 29.6 Å². The summed E-state index contributed by atoms with van der Waals surface area (Å²) in [5, 5.41) is 12.8. The molecule has 1 saturated heterocycles. The Morgan fingerprint density at radius 2 is 2.05 bits per heavy atom. The van der Waals surface area contributed by atoms with Crippen molar-refractivity contribution < 1.29 is 0 Å². The SMILES string of the molecule is CC1(C#N)CCN(Cc2csc3ccccc23)CC1. The van der Waals surface area contributed by atoms with Crippen molar-refractivity contribution in [3.63, 3.8) is 0 Å². The van der Waals surface area contributed by atoms with Crippen LogP contribution in [0.25, 0.3) is 10.1 Å². The zero-order valence-electron chi connectivity index (χ0n) is 11.2. The first-order valence-corrected chi connectivity index (χ1v) is 7.67. The van der Waals surface area contributed by atoms with Gasteiger partial charge in [-0.3, -0.25) is 4.90 Å². The molecule has 2 heterocycles.